The SMILES string of the molecule is CSN(O)NC(=O)c1cc(C2CC2)c(OCC2CCN(C3c4ccccc4CC3O)CC2)cc1F. The Hall–Kier alpha value is -2.17. The fourth-order valence-corrected chi connectivity index (χ4v) is 5.55. The van der Waals surface area contributed by atoms with Gasteiger partial charge in [-0.2, -0.15) is 0 Å². The third-order valence-corrected chi connectivity index (χ3v) is 7.85. The number of aliphatic hydroxyl groups is 1. The molecule has 2 atom stereocenters. The van der Waals surface area contributed by atoms with Crippen LogP contribution in [-0.4, -0.2) is 57.8 Å². The average Bonchev–Trinajstić information content (AvgIpc) is 3.64. The van der Waals surface area contributed by atoms with Gasteiger partial charge >= 0.3 is 0 Å². The van der Waals surface area contributed by atoms with Crippen molar-refractivity contribution < 1.29 is 24.2 Å². The fraction of sp³-hybridized carbons (Fsp3) is 0.500. The molecule has 2 aromatic carbocycles. The molecule has 3 aliphatic rings. The maximum absolute atomic E-state index is 14.8. The van der Waals surface area contributed by atoms with Crippen LogP contribution in [0.4, 0.5) is 4.39 Å². The first-order valence-corrected chi connectivity index (χ1v) is 13.4. The van der Waals surface area contributed by atoms with Crippen LogP contribution in [0.3, 0.4) is 0 Å². The van der Waals surface area contributed by atoms with E-state index in [-0.39, 0.29) is 23.6 Å². The number of piperidine rings is 1. The number of likely N-dealkylation sites (tertiary alicyclic amines) is 1. The molecule has 188 valence electrons. The second-order valence-electron chi connectivity index (χ2n) is 9.75. The molecule has 1 heterocycles. The zero-order valence-corrected chi connectivity index (χ0v) is 20.6. The Balaban J connectivity index is 1.21. The van der Waals surface area contributed by atoms with Gasteiger partial charge in [-0.05, 0) is 89.9 Å². The molecule has 1 aliphatic heterocycles. The second kappa shape index (κ2) is 10.4. The van der Waals surface area contributed by atoms with Crippen molar-refractivity contribution in [3.8, 4) is 5.75 Å². The van der Waals surface area contributed by atoms with E-state index in [1.807, 2.05) is 12.1 Å². The summed E-state index contributed by atoms with van der Waals surface area (Å²) in [5.41, 5.74) is 5.46. The van der Waals surface area contributed by atoms with E-state index in [0.717, 1.165) is 56.3 Å². The summed E-state index contributed by atoms with van der Waals surface area (Å²) >= 11 is 0.901. The molecule has 5 rings (SSSR count). The number of carbonyl (C=O) groups is 1. The molecule has 1 saturated carbocycles. The van der Waals surface area contributed by atoms with Gasteiger partial charge in [0.2, 0.25) is 0 Å². The third kappa shape index (κ3) is 5.34. The Morgan fingerprint density at radius 2 is 1.94 bits per heavy atom. The second-order valence-corrected chi connectivity index (χ2v) is 10.5. The van der Waals surface area contributed by atoms with Crippen molar-refractivity contribution in [1.29, 1.82) is 0 Å². The van der Waals surface area contributed by atoms with Gasteiger partial charge < -0.3 is 9.84 Å². The Bertz CT molecular complexity index is 1070. The topological polar surface area (TPSA) is 85.3 Å². The largest absolute Gasteiger partial charge is 0.493 e. The minimum atomic E-state index is -0.698. The van der Waals surface area contributed by atoms with Crippen molar-refractivity contribution >= 4 is 17.9 Å². The summed E-state index contributed by atoms with van der Waals surface area (Å²) in [6.07, 6.45) is 5.81. The predicted octanol–water partition coefficient (Wildman–Crippen LogP) is 4.07. The first kappa shape index (κ1) is 24.5. The molecule has 0 spiro atoms. The Labute approximate surface area is 209 Å². The lowest BCUT2D eigenvalue weighted by molar-refractivity contribution is -0.0242. The van der Waals surface area contributed by atoms with Crippen LogP contribution in [0.1, 0.15) is 64.7 Å². The molecule has 0 aromatic heterocycles. The van der Waals surface area contributed by atoms with Crippen molar-refractivity contribution in [3.63, 3.8) is 0 Å². The number of carbonyl (C=O) groups excluding carboxylic acids is 1. The number of hydrazine groups is 1. The van der Waals surface area contributed by atoms with E-state index >= 15 is 0 Å². The number of aliphatic hydroxyl groups excluding tert-OH is 1. The molecule has 35 heavy (non-hydrogen) atoms. The minimum Gasteiger partial charge on any atom is -0.493 e. The highest BCUT2D eigenvalue weighted by Gasteiger charge is 2.37. The average molecular weight is 502 g/mol. The first-order chi connectivity index (χ1) is 16.9. The van der Waals surface area contributed by atoms with Gasteiger partial charge in [0.25, 0.3) is 5.91 Å². The Morgan fingerprint density at radius 1 is 1.20 bits per heavy atom. The summed E-state index contributed by atoms with van der Waals surface area (Å²) in [4.78, 5) is 14.7. The summed E-state index contributed by atoms with van der Waals surface area (Å²) in [6, 6.07) is 11.2. The zero-order valence-electron chi connectivity index (χ0n) is 19.8. The Morgan fingerprint density at radius 3 is 2.66 bits per heavy atom. The van der Waals surface area contributed by atoms with Crippen molar-refractivity contribution in [3.05, 3.63) is 64.5 Å². The van der Waals surface area contributed by atoms with Crippen molar-refractivity contribution in [2.24, 2.45) is 5.92 Å². The minimum absolute atomic E-state index is 0.0586. The monoisotopic (exact) mass is 501 g/mol. The van der Waals surface area contributed by atoms with Gasteiger partial charge in [0.05, 0.1) is 24.3 Å². The number of nitrogens with zero attached hydrogens (tertiary/aromatic N) is 2. The van der Waals surface area contributed by atoms with E-state index < -0.39 is 11.7 Å². The van der Waals surface area contributed by atoms with Crippen LogP contribution in [0.25, 0.3) is 0 Å². The molecule has 7 nitrogen and oxygen atoms in total. The van der Waals surface area contributed by atoms with Gasteiger partial charge in [0.1, 0.15) is 11.6 Å². The molecule has 3 N–H and O–H groups in total. The van der Waals surface area contributed by atoms with Gasteiger partial charge in [-0.15, -0.1) is 0 Å². The molecule has 0 bridgehead atoms. The fourth-order valence-electron chi connectivity index (χ4n) is 5.38. The number of benzene rings is 2. The quantitative estimate of drug-likeness (QED) is 0.371. The number of halogens is 1. The highest BCUT2D eigenvalue weighted by Crippen LogP contribution is 2.45. The lowest BCUT2D eigenvalue weighted by atomic mass is 9.94. The number of ether oxygens (including phenoxy) is 1. The van der Waals surface area contributed by atoms with Gasteiger partial charge in [0.15, 0.2) is 0 Å². The number of rotatable bonds is 8. The molecule has 2 aromatic rings. The van der Waals surface area contributed by atoms with Crippen molar-refractivity contribution in [2.75, 3.05) is 26.0 Å². The van der Waals surface area contributed by atoms with Crippen LogP contribution >= 0.6 is 11.9 Å². The molecular formula is C26H32FN3O4S. The van der Waals surface area contributed by atoms with Gasteiger partial charge in [-0.25, -0.2) is 4.39 Å². The maximum Gasteiger partial charge on any atom is 0.271 e. The van der Waals surface area contributed by atoms with Crippen molar-refractivity contribution in [1.82, 2.24) is 14.9 Å². The third-order valence-electron chi connectivity index (χ3n) is 7.42. The normalized spacial score (nSPS) is 22.9. The smallest absolute Gasteiger partial charge is 0.271 e. The summed E-state index contributed by atoms with van der Waals surface area (Å²) in [5, 5.41) is 20.2. The number of nitrogens with one attached hydrogen (secondary N) is 1. The van der Waals surface area contributed by atoms with Gasteiger partial charge in [-0.3, -0.25) is 20.3 Å². The van der Waals surface area contributed by atoms with Crippen LogP contribution in [0.5, 0.6) is 5.75 Å². The molecular weight excluding hydrogens is 469 g/mol. The van der Waals surface area contributed by atoms with E-state index in [0.29, 0.717) is 29.3 Å². The zero-order chi connectivity index (χ0) is 24.5. The van der Waals surface area contributed by atoms with Crippen LogP contribution in [-0.2, 0) is 6.42 Å². The number of amides is 1. The van der Waals surface area contributed by atoms with E-state index in [1.54, 1.807) is 12.3 Å². The highest BCUT2D eigenvalue weighted by atomic mass is 32.2. The lowest BCUT2D eigenvalue weighted by Crippen LogP contribution is -2.41. The van der Waals surface area contributed by atoms with Crippen LogP contribution in [0.15, 0.2) is 36.4 Å². The van der Waals surface area contributed by atoms with E-state index in [2.05, 4.69) is 22.5 Å². The van der Waals surface area contributed by atoms with E-state index in [9.17, 15) is 19.5 Å². The molecule has 1 saturated heterocycles. The number of fused-ring (bicyclic) bond motifs is 1. The summed E-state index contributed by atoms with van der Waals surface area (Å²) in [6.45, 7) is 2.28. The van der Waals surface area contributed by atoms with Gasteiger partial charge in [0, 0.05) is 18.7 Å². The van der Waals surface area contributed by atoms with E-state index in [1.165, 1.54) is 17.2 Å². The Kier molecular flexibility index (Phi) is 7.31. The predicted molar refractivity (Wildman–Crippen MR) is 132 cm³/mol. The molecule has 9 heteroatoms. The van der Waals surface area contributed by atoms with Crippen molar-refractivity contribution in [2.45, 2.75) is 50.2 Å². The molecule has 2 aliphatic carbocycles. The van der Waals surface area contributed by atoms with E-state index in [4.69, 9.17) is 4.74 Å². The van der Waals surface area contributed by atoms with Gasteiger partial charge in [-0.1, -0.05) is 24.3 Å². The molecule has 0 radical (unpaired) electrons. The highest BCUT2D eigenvalue weighted by molar-refractivity contribution is 7.96. The van der Waals surface area contributed by atoms with Crippen LogP contribution in [0, 0.1) is 11.7 Å². The summed E-state index contributed by atoms with van der Waals surface area (Å²) < 4.78 is 21.5. The lowest BCUT2D eigenvalue weighted by Gasteiger charge is -2.37. The number of hydrogen-bond acceptors (Lipinski definition) is 7. The molecule has 1 amide bonds. The number of hydrogen-bond donors (Lipinski definition) is 3. The first-order valence-electron chi connectivity index (χ1n) is 12.2. The molecule has 2 fully saturated rings. The summed E-state index contributed by atoms with van der Waals surface area (Å²) in [7, 11) is 0. The molecule has 2 unspecified atom stereocenters. The van der Waals surface area contributed by atoms with Crippen LogP contribution < -0.4 is 10.2 Å². The maximum atomic E-state index is 14.8. The summed E-state index contributed by atoms with van der Waals surface area (Å²) in [5.74, 6) is -0.234. The van der Waals surface area contributed by atoms with Crippen LogP contribution in [0.2, 0.25) is 0 Å². The standard InChI is InChI=1S/C26H32FN3O4S/c1-35-30(33)28-26(32)21-13-20(17-6-7-17)24(14-22(21)27)34-15-16-8-10-29(11-9-16)25-19-5-3-2-4-18(19)12-23(25)31/h2-5,13-14,16-17,23,25,31,33H,6-12,15H2,1H3,(H,28,32).